The Morgan fingerprint density at radius 3 is 2.52 bits per heavy atom. The molecule has 0 spiro atoms. The van der Waals surface area contributed by atoms with Gasteiger partial charge in [0.15, 0.2) is 0 Å². The smallest absolute Gasteiger partial charge is 0.270 e. The van der Waals surface area contributed by atoms with Crippen molar-refractivity contribution >= 4 is 30.5 Å². The molecule has 1 atom stereocenters. The Morgan fingerprint density at radius 2 is 1.89 bits per heavy atom. The van der Waals surface area contributed by atoms with Crippen LogP contribution in [0.25, 0.3) is 0 Å². The zero-order chi connectivity index (χ0) is 17.8. The third-order valence-electron chi connectivity index (χ3n) is 4.45. The molecule has 1 heterocycles. The van der Waals surface area contributed by atoms with Gasteiger partial charge in [-0.3, -0.25) is 15.0 Å². The maximum Gasteiger partial charge on any atom is 0.270 e. The monoisotopic (exact) mass is 413 g/mol. The Balaban J connectivity index is 0.00000182. The largest absolute Gasteiger partial charge is 0.492 e. The Labute approximate surface area is 172 Å². The summed E-state index contributed by atoms with van der Waals surface area (Å²) in [6.45, 7) is 3.11. The van der Waals surface area contributed by atoms with Crippen LogP contribution in [0.15, 0.2) is 48.5 Å². The first-order chi connectivity index (χ1) is 12.1. The Kier molecular flexibility index (Phi) is 8.99. The lowest BCUT2D eigenvalue weighted by atomic mass is 9.96. The van der Waals surface area contributed by atoms with Gasteiger partial charge in [0.25, 0.3) is 5.69 Å². The first kappa shape index (κ1) is 23.2. The van der Waals surface area contributed by atoms with Gasteiger partial charge < -0.3 is 9.64 Å². The maximum atomic E-state index is 11.3. The molecule has 0 aliphatic carbocycles. The van der Waals surface area contributed by atoms with Crippen molar-refractivity contribution in [1.29, 1.82) is 0 Å². The molecule has 27 heavy (non-hydrogen) atoms. The molecule has 1 aliphatic rings. The van der Waals surface area contributed by atoms with Crippen LogP contribution in [-0.4, -0.2) is 55.1 Å². The van der Waals surface area contributed by atoms with Gasteiger partial charge in [-0.2, -0.15) is 0 Å². The minimum atomic E-state index is -0.350. The molecule has 1 aliphatic heterocycles. The molecule has 3 rings (SSSR count). The lowest BCUT2D eigenvalue weighted by molar-refractivity contribution is -0.385. The van der Waals surface area contributed by atoms with Crippen molar-refractivity contribution in [3.8, 4) is 5.75 Å². The van der Waals surface area contributed by atoms with Crippen molar-refractivity contribution in [2.24, 2.45) is 0 Å². The van der Waals surface area contributed by atoms with E-state index in [1.54, 1.807) is 12.1 Å². The number of nitrogens with zero attached hydrogens (tertiary/aromatic N) is 3. The van der Waals surface area contributed by atoms with Crippen molar-refractivity contribution in [3.63, 3.8) is 0 Å². The van der Waals surface area contributed by atoms with Crippen LogP contribution in [0.4, 0.5) is 5.69 Å². The number of nitro groups is 1. The highest BCUT2D eigenvalue weighted by molar-refractivity contribution is 5.85. The van der Waals surface area contributed by atoms with E-state index in [9.17, 15) is 10.1 Å². The van der Waals surface area contributed by atoms with Crippen LogP contribution < -0.4 is 4.74 Å². The summed E-state index contributed by atoms with van der Waals surface area (Å²) in [5.74, 6) is 0.729. The number of non-ortho nitro benzene ring substituents is 1. The summed E-state index contributed by atoms with van der Waals surface area (Å²) >= 11 is 0. The van der Waals surface area contributed by atoms with Crippen molar-refractivity contribution in [2.75, 3.05) is 40.3 Å². The van der Waals surface area contributed by atoms with Crippen LogP contribution in [0, 0.1) is 10.1 Å². The van der Waals surface area contributed by atoms with Gasteiger partial charge in [0, 0.05) is 37.3 Å². The van der Waals surface area contributed by atoms with Crippen molar-refractivity contribution in [3.05, 3.63) is 69.8 Å². The van der Waals surface area contributed by atoms with Crippen LogP contribution >= 0.6 is 24.8 Å². The van der Waals surface area contributed by atoms with E-state index in [1.807, 2.05) is 32.3 Å². The Hall–Kier alpha value is -1.86. The van der Waals surface area contributed by atoms with Gasteiger partial charge in [0.05, 0.1) is 11.0 Å². The molecular formula is C19H25Cl2N3O3. The minimum Gasteiger partial charge on any atom is -0.492 e. The third-order valence-corrected chi connectivity index (χ3v) is 4.45. The van der Waals surface area contributed by atoms with Gasteiger partial charge in [0.2, 0.25) is 0 Å². The second kappa shape index (κ2) is 10.5. The van der Waals surface area contributed by atoms with Gasteiger partial charge in [-0.25, -0.2) is 0 Å². The van der Waals surface area contributed by atoms with Crippen molar-refractivity contribution in [1.82, 2.24) is 9.80 Å². The number of likely N-dealkylation sites (N-methyl/N-ethyl adjacent to an activating group) is 1. The second-order valence-corrected chi connectivity index (χ2v) is 6.48. The van der Waals surface area contributed by atoms with Gasteiger partial charge in [-0.1, -0.05) is 30.3 Å². The molecule has 6 nitrogen and oxygen atoms in total. The number of ether oxygens (including phenoxy) is 1. The lowest BCUT2D eigenvalue weighted by Gasteiger charge is -2.31. The molecule has 2 aromatic carbocycles. The van der Waals surface area contributed by atoms with Gasteiger partial charge in [-0.05, 0) is 25.7 Å². The molecule has 8 heteroatoms. The number of hydrogen-bond acceptors (Lipinski definition) is 5. The van der Waals surface area contributed by atoms with Gasteiger partial charge >= 0.3 is 0 Å². The molecule has 2 aromatic rings. The van der Waals surface area contributed by atoms with E-state index in [0.29, 0.717) is 6.61 Å². The van der Waals surface area contributed by atoms with E-state index < -0.39 is 0 Å². The summed E-state index contributed by atoms with van der Waals surface area (Å²) in [5.41, 5.74) is 2.07. The van der Waals surface area contributed by atoms with E-state index in [4.69, 9.17) is 4.74 Å². The minimum absolute atomic E-state index is 0. The Morgan fingerprint density at radius 1 is 1.19 bits per heavy atom. The number of hydrogen-bond donors (Lipinski definition) is 0. The number of benzene rings is 2. The molecule has 1 unspecified atom stereocenters. The lowest BCUT2D eigenvalue weighted by Crippen LogP contribution is -2.36. The first-order valence-corrected chi connectivity index (χ1v) is 8.41. The van der Waals surface area contributed by atoms with Crippen molar-refractivity contribution < 1.29 is 9.66 Å². The number of nitro benzene ring substituents is 1. The normalized spacial score (nSPS) is 16.3. The van der Waals surface area contributed by atoms with Crippen LogP contribution in [-0.2, 0) is 0 Å². The zero-order valence-electron chi connectivity index (χ0n) is 15.4. The SMILES string of the molecule is CN(C)CCN1CCOc2ccc([N+](=O)[O-])cc2C1c1ccccc1.Cl.Cl. The van der Waals surface area contributed by atoms with Crippen LogP contribution in [0.1, 0.15) is 17.2 Å². The average Bonchev–Trinajstić information content (AvgIpc) is 2.79. The molecule has 0 fully saturated rings. The van der Waals surface area contributed by atoms with E-state index >= 15 is 0 Å². The summed E-state index contributed by atoms with van der Waals surface area (Å²) < 4.78 is 5.89. The summed E-state index contributed by atoms with van der Waals surface area (Å²) in [6, 6.07) is 15.0. The van der Waals surface area contributed by atoms with Crippen LogP contribution in [0.3, 0.4) is 0 Å². The van der Waals surface area contributed by atoms with E-state index in [-0.39, 0.29) is 41.5 Å². The molecule has 148 valence electrons. The average molecular weight is 414 g/mol. The summed E-state index contributed by atoms with van der Waals surface area (Å²) in [6.07, 6.45) is 0. The first-order valence-electron chi connectivity index (χ1n) is 8.41. The fraction of sp³-hybridized carbons (Fsp3) is 0.368. The molecule has 0 radical (unpaired) electrons. The van der Waals surface area contributed by atoms with E-state index in [0.717, 1.165) is 36.5 Å². The number of fused-ring (bicyclic) bond motifs is 1. The fourth-order valence-electron chi connectivity index (χ4n) is 3.19. The predicted molar refractivity (Wildman–Crippen MR) is 111 cm³/mol. The van der Waals surface area contributed by atoms with Gasteiger partial charge in [0.1, 0.15) is 12.4 Å². The van der Waals surface area contributed by atoms with E-state index in [2.05, 4.69) is 21.9 Å². The van der Waals surface area contributed by atoms with Gasteiger partial charge in [-0.15, -0.1) is 24.8 Å². The quantitative estimate of drug-likeness (QED) is 0.551. The summed E-state index contributed by atoms with van der Waals surface area (Å²) in [5, 5.41) is 11.3. The molecule has 0 N–H and O–H groups in total. The highest BCUT2D eigenvalue weighted by atomic mass is 35.5. The van der Waals surface area contributed by atoms with E-state index in [1.165, 1.54) is 6.07 Å². The molecule has 0 amide bonds. The molecule has 0 saturated heterocycles. The Bertz CT molecular complexity index is 744. The second-order valence-electron chi connectivity index (χ2n) is 6.48. The zero-order valence-corrected chi connectivity index (χ0v) is 17.0. The highest BCUT2D eigenvalue weighted by Crippen LogP contribution is 2.38. The summed E-state index contributed by atoms with van der Waals surface area (Å²) in [7, 11) is 4.09. The molecule has 0 aromatic heterocycles. The van der Waals surface area contributed by atoms with Crippen LogP contribution in [0.5, 0.6) is 5.75 Å². The molecule has 0 bridgehead atoms. The topological polar surface area (TPSA) is 58.8 Å². The number of halogens is 2. The van der Waals surface area contributed by atoms with Crippen molar-refractivity contribution in [2.45, 2.75) is 6.04 Å². The molecular weight excluding hydrogens is 389 g/mol. The summed E-state index contributed by atoms with van der Waals surface area (Å²) in [4.78, 5) is 15.4. The standard InChI is InChI=1S/C19H23N3O3.2ClH/c1-20(2)10-11-21-12-13-25-18-9-8-16(22(23)24)14-17(18)19(21)15-6-4-3-5-7-15;;/h3-9,14,19H,10-13H2,1-2H3;2*1H. The predicted octanol–water partition coefficient (Wildman–Crippen LogP) is 3.78. The highest BCUT2D eigenvalue weighted by Gasteiger charge is 2.29. The molecule has 0 saturated carbocycles. The third kappa shape index (κ3) is 5.56. The number of rotatable bonds is 5. The fourth-order valence-corrected chi connectivity index (χ4v) is 3.19. The van der Waals surface area contributed by atoms with Crippen LogP contribution in [0.2, 0.25) is 0 Å². The maximum absolute atomic E-state index is 11.3.